The van der Waals surface area contributed by atoms with E-state index >= 15 is 0 Å². The molecule has 112 valence electrons. The van der Waals surface area contributed by atoms with Gasteiger partial charge in [0.25, 0.3) is 5.91 Å². The SMILES string of the molecule is CCN(CC1CCCCO1)C(=O)c1nc2ccccc2[nH]1. The van der Waals surface area contributed by atoms with Crippen molar-refractivity contribution in [2.45, 2.75) is 32.3 Å². The highest BCUT2D eigenvalue weighted by Crippen LogP contribution is 2.16. The van der Waals surface area contributed by atoms with Crippen LogP contribution in [0.15, 0.2) is 24.3 Å². The number of hydrogen-bond acceptors (Lipinski definition) is 3. The molecular formula is C16H21N3O2. The molecule has 2 aromatic rings. The van der Waals surface area contributed by atoms with E-state index in [2.05, 4.69) is 9.97 Å². The zero-order valence-electron chi connectivity index (χ0n) is 12.3. The van der Waals surface area contributed by atoms with Crippen molar-refractivity contribution in [3.8, 4) is 0 Å². The Morgan fingerprint density at radius 2 is 2.29 bits per heavy atom. The van der Waals surface area contributed by atoms with Crippen molar-refractivity contribution in [3.05, 3.63) is 30.1 Å². The van der Waals surface area contributed by atoms with Crippen LogP contribution in [-0.4, -0.2) is 46.6 Å². The molecule has 1 aliphatic heterocycles. The molecule has 0 radical (unpaired) electrons. The van der Waals surface area contributed by atoms with Gasteiger partial charge in [-0.25, -0.2) is 4.98 Å². The van der Waals surface area contributed by atoms with Gasteiger partial charge in [-0.2, -0.15) is 0 Å². The zero-order chi connectivity index (χ0) is 14.7. The number of ether oxygens (including phenoxy) is 1. The predicted molar refractivity (Wildman–Crippen MR) is 81.3 cm³/mol. The van der Waals surface area contributed by atoms with E-state index in [4.69, 9.17) is 4.74 Å². The summed E-state index contributed by atoms with van der Waals surface area (Å²) < 4.78 is 5.73. The van der Waals surface area contributed by atoms with Gasteiger partial charge in [-0.15, -0.1) is 0 Å². The van der Waals surface area contributed by atoms with Gasteiger partial charge in [0, 0.05) is 19.7 Å². The highest BCUT2D eigenvalue weighted by molar-refractivity contribution is 5.94. The summed E-state index contributed by atoms with van der Waals surface area (Å²) >= 11 is 0. The van der Waals surface area contributed by atoms with Crippen LogP contribution < -0.4 is 0 Å². The first-order chi connectivity index (χ1) is 10.3. The standard InChI is InChI=1S/C16H21N3O2/c1-2-19(11-12-7-5-6-10-21-12)16(20)15-17-13-8-3-4-9-14(13)18-15/h3-4,8-9,12H,2,5-7,10-11H2,1H3,(H,17,18). The molecule has 1 atom stereocenters. The molecule has 0 spiro atoms. The minimum absolute atomic E-state index is 0.0529. The second kappa shape index (κ2) is 6.26. The lowest BCUT2D eigenvalue weighted by Gasteiger charge is -2.28. The number of H-pyrrole nitrogens is 1. The number of benzene rings is 1. The van der Waals surface area contributed by atoms with Crippen LogP contribution in [0.25, 0.3) is 11.0 Å². The first kappa shape index (κ1) is 14.1. The number of hydrogen-bond donors (Lipinski definition) is 1. The minimum atomic E-state index is -0.0529. The zero-order valence-corrected chi connectivity index (χ0v) is 12.3. The summed E-state index contributed by atoms with van der Waals surface area (Å²) in [4.78, 5) is 21.9. The van der Waals surface area contributed by atoms with Crippen LogP contribution in [0.4, 0.5) is 0 Å². The molecule has 1 fully saturated rings. The molecule has 1 amide bonds. The highest BCUT2D eigenvalue weighted by Gasteiger charge is 2.23. The number of imidazole rings is 1. The van der Waals surface area contributed by atoms with Crippen molar-refractivity contribution in [2.24, 2.45) is 0 Å². The van der Waals surface area contributed by atoms with Gasteiger partial charge in [-0.1, -0.05) is 12.1 Å². The highest BCUT2D eigenvalue weighted by atomic mass is 16.5. The number of amides is 1. The average Bonchev–Trinajstić information content (AvgIpc) is 2.97. The maximum atomic E-state index is 12.6. The molecule has 1 N–H and O–H groups in total. The van der Waals surface area contributed by atoms with Crippen LogP contribution in [0.2, 0.25) is 0 Å². The third-order valence-electron chi connectivity index (χ3n) is 3.96. The van der Waals surface area contributed by atoms with Crippen LogP contribution in [0.1, 0.15) is 36.8 Å². The molecule has 2 heterocycles. The number of aromatic amines is 1. The maximum absolute atomic E-state index is 12.6. The third-order valence-corrected chi connectivity index (χ3v) is 3.96. The van der Waals surface area contributed by atoms with Crippen molar-refractivity contribution in [1.82, 2.24) is 14.9 Å². The summed E-state index contributed by atoms with van der Waals surface area (Å²) in [6.45, 7) is 4.10. The second-order valence-electron chi connectivity index (χ2n) is 5.43. The Balaban J connectivity index is 1.74. The number of aromatic nitrogens is 2. The van der Waals surface area contributed by atoms with Crippen LogP contribution >= 0.6 is 0 Å². The Morgan fingerprint density at radius 1 is 1.43 bits per heavy atom. The Kier molecular flexibility index (Phi) is 4.20. The van der Waals surface area contributed by atoms with Gasteiger partial charge in [-0.05, 0) is 38.3 Å². The van der Waals surface area contributed by atoms with Gasteiger partial charge in [0.2, 0.25) is 0 Å². The predicted octanol–water partition coefficient (Wildman–Crippen LogP) is 2.59. The molecule has 0 aliphatic carbocycles. The first-order valence-corrected chi connectivity index (χ1v) is 7.63. The molecule has 5 heteroatoms. The summed E-state index contributed by atoms with van der Waals surface area (Å²) in [7, 11) is 0. The number of para-hydroxylation sites is 2. The molecule has 1 aliphatic rings. The van der Waals surface area contributed by atoms with Crippen LogP contribution in [0.5, 0.6) is 0 Å². The maximum Gasteiger partial charge on any atom is 0.289 e. The molecule has 0 saturated carbocycles. The lowest BCUT2D eigenvalue weighted by molar-refractivity contribution is -0.00332. The summed E-state index contributed by atoms with van der Waals surface area (Å²) in [5.74, 6) is 0.358. The van der Waals surface area contributed by atoms with Gasteiger partial charge >= 0.3 is 0 Å². The number of nitrogens with one attached hydrogen (secondary N) is 1. The van der Waals surface area contributed by atoms with Gasteiger partial charge in [0.05, 0.1) is 17.1 Å². The first-order valence-electron chi connectivity index (χ1n) is 7.63. The van der Waals surface area contributed by atoms with E-state index in [0.717, 1.165) is 30.5 Å². The van der Waals surface area contributed by atoms with Gasteiger partial charge < -0.3 is 14.6 Å². The largest absolute Gasteiger partial charge is 0.376 e. The van der Waals surface area contributed by atoms with Crippen molar-refractivity contribution >= 4 is 16.9 Å². The normalized spacial score (nSPS) is 18.8. The van der Waals surface area contributed by atoms with Crippen molar-refractivity contribution in [2.75, 3.05) is 19.7 Å². The topological polar surface area (TPSA) is 58.2 Å². The Hall–Kier alpha value is -1.88. The number of nitrogens with zero attached hydrogens (tertiary/aromatic N) is 2. The Bertz CT molecular complexity index is 584. The Labute approximate surface area is 124 Å². The second-order valence-corrected chi connectivity index (χ2v) is 5.43. The monoisotopic (exact) mass is 287 g/mol. The summed E-state index contributed by atoms with van der Waals surface area (Å²) in [5, 5.41) is 0. The van der Waals surface area contributed by atoms with Crippen molar-refractivity contribution in [1.29, 1.82) is 0 Å². The molecule has 21 heavy (non-hydrogen) atoms. The molecule has 1 aromatic heterocycles. The number of carbonyl (C=O) groups excluding carboxylic acids is 1. The van der Waals surface area contributed by atoms with Crippen LogP contribution in [0.3, 0.4) is 0 Å². The van der Waals surface area contributed by atoms with E-state index in [0.29, 0.717) is 18.9 Å². The Morgan fingerprint density at radius 3 is 3.00 bits per heavy atom. The number of carbonyl (C=O) groups is 1. The molecule has 1 aromatic carbocycles. The average molecular weight is 287 g/mol. The lowest BCUT2D eigenvalue weighted by atomic mass is 10.1. The van der Waals surface area contributed by atoms with E-state index in [1.807, 2.05) is 36.1 Å². The van der Waals surface area contributed by atoms with E-state index in [1.54, 1.807) is 0 Å². The van der Waals surface area contributed by atoms with E-state index in [9.17, 15) is 4.79 Å². The molecule has 3 rings (SSSR count). The number of likely N-dealkylation sites (N-methyl/N-ethyl adjacent to an activating group) is 1. The van der Waals surface area contributed by atoms with Crippen molar-refractivity contribution < 1.29 is 9.53 Å². The van der Waals surface area contributed by atoms with Gasteiger partial charge in [-0.3, -0.25) is 4.79 Å². The fourth-order valence-electron chi connectivity index (χ4n) is 2.76. The lowest BCUT2D eigenvalue weighted by Crippen LogP contribution is -2.40. The molecule has 0 bridgehead atoms. The summed E-state index contributed by atoms with van der Waals surface area (Å²) in [5.41, 5.74) is 1.72. The fourth-order valence-corrected chi connectivity index (χ4v) is 2.76. The fraction of sp³-hybridized carbons (Fsp3) is 0.500. The minimum Gasteiger partial charge on any atom is -0.376 e. The van der Waals surface area contributed by atoms with E-state index in [1.165, 1.54) is 6.42 Å². The van der Waals surface area contributed by atoms with Crippen LogP contribution in [-0.2, 0) is 4.74 Å². The number of fused-ring (bicyclic) bond motifs is 1. The van der Waals surface area contributed by atoms with Crippen LogP contribution in [0, 0.1) is 0 Å². The molecular weight excluding hydrogens is 266 g/mol. The van der Waals surface area contributed by atoms with E-state index < -0.39 is 0 Å². The van der Waals surface area contributed by atoms with Gasteiger partial charge in [0.15, 0.2) is 5.82 Å². The number of rotatable bonds is 4. The van der Waals surface area contributed by atoms with Crippen molar-refractivity contribution in [3.63, 3.8) is 0 Å². The smallest absolute Gasteiger partial charge is 0.289 e. The molecule has 5 nitrogen and oxygen atoms in total. The summed E-state index contributed by atoms with van der Waals surface area (Å²) in [6, 6.07) is 7.69. The van der Waals surface area contributed by atoms with Gasteiger partial charge in [0.1, 0.15) is 0 Å². The van der Waals surface area contributed by atoms with E-state index in [-0.39, 0.29) is 12.0 Å². The quantitative estimate of drug-likeness (QED) is 0.940. The summed E-state index contributed by atoms with van der Waals surface area (Å²) in [6.07, 6.45) is 3.50. The third kappa shape index (κ3) is 3.08. The molecule has 1 unspecified atom stereocenters. The molecule has 1 saturated heterocycles.